The lowest BCUT2D eigenvalue weighted by Gasteiger charge is -2.35. The van der Waals surface area contributed by atoms with Gasteiger partial charge in [0, 0.05) is 50.3 Å². The van der Waals surface area contributed by atoms with Crippen molar-refractivity contribution in [1.29, 1.82) is 0 Å². The summed E-state index contributed by atoms with van der Waals surface area (Å²) in [6.07, 6.45) is 3.58. The molecule has 156 valence electrons. The third-order valence-corrected chi connectivity index (χ3v) is 5.12. The van der Waals surface area contributed by atoms with Gasteiger partial charge >= 0.3 is 6.03 Å². The zero-order chi connectivity index (χ0) is 21.1. The Morgan fingerprint density at radius 3 is 2.50 bits per heavy atom. The molecule has 1 aromatic carbocycles. The zero-order valence-corrected chi connectivity index (χ0v) is 17.4. The van der Waals surface area contributed by atoms with E-state index < -0.39 is 0 Å². The monoisotopic (exact) mass is 407 g/mol. The predicted octanol–water partition coefficient (Wildman–Crippen LogP) is 2.64. The van der Waals surface area contributed by atoms with Crippen LogP contribution in [0.1, 0.15) is 11.4 Å². The van der Waals surface area contributed by atoms with Crippen LogP contribution in [0.25, 0.3) is 5.82 Å². The fourth-order valence-electron chi connectivity index (χ4n) is 3.46. The molecule has 1 saturated heterocycles. The number of hydrogen-bond donors (Lipinski definition) is 1. The van der Waals surface area contributed by atoms with Crippen molar-refractivity contribution in [3.05, 3.63) is 54.1 Å². The number of carbonyl (C=O) groups excluding carboxylic acids is 1. The molecule has 0 unspecified atom stereocenters. The minimum absolute atomic E-state index is 0.0981. The Morgan fingerprint density at radius 2 is 1.83 bits per heavy atom. The molecule has 0 spiro atoms. The Hall–Kier alpha value is -3.62. The molecular formula is C21H25N7O2. The standard InChI is InChI=1S/C21H25N7O2/c1-15-13-17(30-3)5-6-18(15)25-21(29)27-11-9-26(10-12-27)19-14-20(24-16(2)23-19)28-8-4-7-22-28/h4-8,13-14H,9-12H2,1-3H3,(H,25,29). The van der Waals surface area contributed by atoms with Gasteiger partial charge in [-0.05, 0) is 43.7 Å². The van der Waals surface area contributed by atoms with Gasteiger partial charge in [-0.3, -0.25) is 0 Å². The summed E-state index contributed by atoms with van der Waals surface area (Å²) >= 11 is 0. The molecule has 3 heterocycles. The summed E-state index contributed by atoms with van der Waals surface area (Å²) in [7, 11) is 1.63. The van der Waals surface area contributed by atoms with Crippen LogP contribution < -0.4 is 15.0 Å². The first kappa shape index (κ1) is 19.7. The molecule has 1 aliphatic heterocycles. The summed E-state index contributed by atoms with van der Waals surface area (Å²) in [5.41, 5.74) is 1.75. The quantitative estimate of drug-likeness (QED) is 0.715. The maximum absolute atomic E-state index is 12.7. The largest absolute Gasteiger partial charge is 0.497 e. The Balaban J connectivity index is 1.40. The highest BCUT2D eigenvalue weighted by molar-refractivity contribution is 5.90. The molecule has 9 heteroatoms. The lowest BCUT2D eigenvalue weighted by Crippen LogP contribution is -2.50. The third kappa shape index (κ3) is 4.19. The van der Waals surface area contributed by atoms with Gasteiger partial charge in [0.15, 0.2) is 5.82 Å². The molecule has 1 N–H and O–H groups in total. The second-order valence-electron chi connectivity index (χ2n) is 7.17. The third-order valence-electron chi connectivity index (χ3n) is 5.12. The number of nitrogens with one attached hydrogen (secondary N) is 1. The molecule has 2 aromatic heterocycles. The van der Waals surface area contributed by atoms with Gasteiger partial charge in [0.1, 0.15) is 17.4 Å². The van der Waals surface area contributed by atoms with Crippen molar-refractivity contribution in [2.24, 2.45) is 0 Å². The van der Waals surface area contributed by atoms with E-state index in [2.05, 4.69) is 25.3 Å². The van der Waals surface area contributed by atoms with E-state index in [4.69, 9.17) is 4.74 Å². The van der Waals surface area contributed by atoms with Crippen molar-refractivity contribution < 1.29 is 9.53 Å². The van der Waals surface area contributed by atoms with E-state index in [0.29, 0.717) is 32.0 Å². The summed E-state index contributed by atoms with van der Waals surface area (Å²) in [6.45, 7) is 6.44. The first-order valence-electron chi connectivity index (χ1n) is 9.85. The maximum atomic E-state index is 12.7. The number of nitrogens with zero attached hydrogens (tertiary/aromatic N) is 6. The van der Waals surface area contributed by atoms with Gasteiger partial charge in [0.2, 0.25) is 0 Å². The van der Waals surface area contributed by atoms with Crippen LogP contribution >= 0.6 is 0 Å². The molecular weight excluding hydrogens is 382 g/mol. The van der Waals surface area contributed by atoms with Gasteiger partial charge in [-0.25, -0.2) is 19.4 Å². The van der Waals surface area contributed by atoms with E-state index in [1.54, 1.807) is 18.0 Å². The molecule has 0 saturated carbocycles. The number of rotatable bonds is 4. The normalized spacial score (nSPS) is 14.0. The number of anilines is 2. The molecule has 3 aromatic rings. The molecule has 4 rings (SSSR count). The number of aromatic nitrogens is 4. The van der Waals surface area contributed by atoms with E-state index in [9.17, 15) is 4.79 Å². The molecule has 0 atom stereocenters. The number of aryl methyl sites for hydroxylation is 2. The Morgan fingerprint density at radius 1 is 1.07 bits per heavy atom. The van der Waals surface area contributed by atoms with Gasteiger partial charge in [0.25, 0.3) is 0 Å². The van der Waals surface area contributed by atoms with Crippen LogP contribution in [-0.2, 0) is 0 Å². The molecule has 1 aliphatic rings. The van der Waals surface area contributed by atoms with Crippen LogP contribution in [0.3, 0.4) is 0 Å². The van der Waals surface area contributed by atoms with Gasteiger partial charge in [0.05, 0.1) is 7.11 Å². The number of hydrogen-bond acceptors (Lipinski definition) is 6. The average Bonchev–Trinajstić information content (AvgIpc) is 3.30. The molecule has 9 nitrogen and oxygen atoms in total. The minimum atomic E-state index is -0.0981. The smallest absolute Gasteiger partial charge is 0.321 e. The summed E-state index contributed by atoms with van der Waals surface area (Å²) < 4.78 is 6.94. The average molecular weight is 407 g/mol. The van der Waals surface area contributed by atoms with Crippen LogP contribution in [0.15, 0.2) is 42.7 Å². The number of benzene rings is 1. The van der Waals surface area contributed by atoms with E-state index in [0.717, 1.165) is 28.6 Å². The summed E-state index contributed by atoms with van der Waals surface area (Å²) in [6, 6.07) is 9.30. The highest BCUT2D eigenvalue weighted by Crippen LogP contribution is 2.22. The number of amides is 2. The lowest BCUT2D eigenvalue weighted by atomic mass is 10.2. The minimum Gasteiger partial charge on any atom is -0.497 e. The fraction of sp³-hybridized carbons (Fsp3) is 0.333. The van der Waals surface area contributed by atoms with Crippen LogP contribution in [0.5, 0.6) is 5.75 Å². The highest BCUT2D eigenvalue weighted by atomic mass is 16.5. The van der Waals surface area contributed by atoms with Crippen molar-refractivity contribution in [3.8, 4) is 11.6 Å². The van der Waals surface area contributed by atoms with E-state index >= 15 is 0 Å². The van der Waals surface area contributed by atoms with E-state index in [1.807, 2.05) is 55.3 Å². The summed E-state index contributed by atoms with van der Waals surface area (Å²) in [4.78, 5) is 25.7. The molecule has 0 aliphatic carbocycles. The molecule has 0 bridgehead atoms. The van der Waals surface area contributed by atoms with Crippen LogP contribution in [0.2, 0.25) is 0 Å². The van der Waals surface area contributed by atoms with Crippen molar-refractivity contribution in [2.45, 2.75) is 13.8 Å². The predicted molar refractivity (Wildman–Crippen MR) is 114 cm³/mol. The number of methoxy groups -OCH3 is 1. The summed E-state index contributed by atoms with van der Waals surface area (Å²) in [5.74, 6) is 3.04. The molecule has 1 fully saturated rings. The van der Waals surface area contributed by atoms with Crippen LogP contribution in [0, 0.1) is 13.8 Å². The lowest BCUT2D eigenvalue weighted by molar-refractivity contribution is 0.208. The number of urea groups is 1. The zero-order valence-electron chi connectivity index (χ0n) is 17.4. The highest BCUT2D eigenvalue weighted by Gasteiger charge is 2.23. The van der Waals surface area contributed by atoms with Gasteiger partial charge in [-0.1, -0.05) is 0 Å². The van der Waals surface area contributed by atoms with Crippen LogP contribution in [-0.4, -0.2) is 64.0 Å². The van der Waals surface area contributed by atoms with E-state index in [1.165, 1.54) is 0 Å². The van der Waals surface area contributed by atoms with Crippen molar-refractivity contribution in [1.82, 2.24) is 24.6 Å². The maximum Gasteiger partial charge on any atom is 0.321 e. The molecule has 30 heavy (non-hydrogen) atoms. The number of piperazine rings is 1. The number of carbonyl (C=O) groups is 1. The summed E-state index contributed by atoms with van der Waals surface area (Å²) in [5, 5.41) is 7.24. The van der Waals surface area contributed by atoms with Crippen molar-refractivity contribution >= 4 is 17.5 Å². The SMILES string of the molecule is COc1ccc(NC(=O)N2CCN(c3cc(-n4cccn4)nc(C)n3)CC2)c(C)c1. The number of ether oxygens (including phenoxy) is 1. The second kappa shape index (κ2) is 8.40. The van der Waals surface area contributed by atoms with Gasteiger partial charge < -0.3 is 19.9 Å². The second-order valence-corrected chi connectivity index (χ2v) is 7.17. The Labute approximate surface area is 175 Å². The first-order chi connectivity index (χ1) is 14.5. The van der Waals surface area contributed by atoms with Crippen molar-refractivity contribution in [2.75, 3.05) is 43.5 Å². The van der Waals surface area contributed by atoms with Crippen molar-refractivity contribution in [3.63, 3.8) is 0 Å². The molecule has 2 amide bonds. The van der Waals surface area contributed by atoms with Crippen LogP contribution in [0.4, 0.5) is 16.3 Å². The van der Waals surface area contributed by atoms with E-state index in [-0.39, 0.29) is 6.03 Å². The Kier molecular flexibility index (Phi) is 5.51. The van der Waals surface area contributed by atoms with Gasteiger partial charge in [-0.15, -0.1) is 0 Å². The topological polar surface area (TPSA) is 88.4 Å². The first-order valence-corrected chi connectivity index (χ1v) is 9.85. The molecule has 0 radical (unpaired) electrons. The Bertz CT molecular complexity index is 1030. The van der Waals surface area contributed by atoms with Gasteiger partial charge in [-0.2, -0.15) is 5.10 Å². The fourth-order valence-corrected chi connectivity index (χ4v) is 3.46.